The van der Waals surface area contributed by atoms with Gasteiger partial charge >= 0.3 is 0 Å². The number of aryl methyl sites for hydroxylation is 1. The van der Waals surface area contributed by atoms with Gasteiger partial charge in [0, 0.05) is 69.1 Å². The lowest BCUT2D eigenvalue weighted by Crippen LogP contribution is -2.54. The molecule has 1 amide bonds. The molecule has 0 spiro atoms. The van der Waals surface area contributed by atoms with Gasteiger partial charge in [-0.05, 0) is 23.4 Å². The van der Waals surface area contributed by atoms with E-state index in [1.54, 1.807) is 18.4 Å². The van der Waals surface area contributed by atoms with Gasteiger partial charge in [0.25, 0.3) is 0 Å². The van der Waals surface area contributed by atoms with Crippen molar-refractivity contribution in [2.24, 2.45) is 4.99 Å². The van der Waals surface area contributed by atoms with E-state index in [-0.39, 0.29) is 12.5 Å². The predicted molar refractivity (Wildman–Crippen MR) is 118 cm³/mol. The SMILES string of the molecule is CCc1nsc(N2CCN(C(=NC)NCC(=O)N3CCc4sccc4C3)CC2)n1. The fourth-order valence-electron chi connectivity index (χ4n) is 3.69. The Morgan fingerprint density at radius 2 is 2.07 bits per heavy atom. The third kappa shape index (κ3) is 4.53. The number of guanidine groups is 1. The summed E-state index contributed by atoms with van der Waals surface area (Å²) in [6.45, 7) is 7.31. The summed E-state index contributed by atoms with van der Waals surface area (Å²) in [4.78, 5) is 29.5. The Bertz CT molecular complexity index is 870. The van der Waals surface area contributed by atoms with Gasteiger partial charge in [0.2, 0.25) is 11.0 Å². The number of carbonyl (C=O) groups excluding carboxylic acids is 1. The molecule has 4 rings (SSSR count). The Morgan fingerprint density at radius 1 is 1.24 bits per heavy atom. The first kappa shape index (κ1) is 20.1. The highest BCUT2D eigenvalue weighted by Gasteiger charge is 2.24. The van der Waals surface area contributed by atoms with Crippen molar-refractivity contribution >= 4 is 39.9 Å². The summed E-state index contributed by atoms with van der Waals surface area (Å²) in [5.74, 6) is 1.83. The second-order valence-electron chi connectivity index (χ2n) is 7.16. The van der Waals surface area contributed by atoms with E-state index < -0.39 is 0 Å². The van der Waals surface area contributed by atoms with Gasteiger partial charge in [-0.3, -0.25) is 9.79 Å². The molecule has 0 atom stereocenters. The van der Waals surface area contributed by atoms with Gasteiger partial charge in [-0.2, -0.15) is 4.37 Å². The van der Waals surface area contributed by atoms with Crippen LogP contribution in [0.25, 0.3) is 0 Å². The summed E-state index contributed by atoms with van der Waals surface area (Å²) in [6.07, 6.45) is 1.83. The van der Waals surface area contributed by atoms with E-state index in [1.807, 2.05) is 4.90 Å². The van der Waals surface area contributed by atoms with E-state index in [2.05, 4.69) is 47.8 Å². The molecule has 0 aliphatic carbocycles. The molecule has 2 aliphatic rings. The number of piperazine rings is 1. The summed E-state index contributed by atoms with van der Waals surface area (Å²) in [5, 5.41) is 6.38. The lowest BCUT2D eigenvalue weighted by atomic mass is 10.1. The Balaban J connectivity index is 1.26. The third-order valence-electron chi connectivity index (χ3n) is 5.39. The average molecular weight is 434 g/mol. The van der Waals surface area contributed by atoms with Crippen LogP contribution in [0.1, 0.15) is 23.2 Å². The molecule has 8 nitrogen and oxygen atoms in total. The van der Waals surface area contributed by atoms with E-state index in [0.29, 0.717) is 0 Å². The number of fused-ring (bicyclic) bond motifs is 1. The topological polar surface area (TPSA) is 77.0 Å². The molecule has 1 N–H and O–H groups in total. The minimum Gasteiger partial charge on any atom is -0.347 e. The van der Waals surface area contributed by atoms with Crippen molar-refractivity contribution in [2.75, 3.05) is 51.2 Å². The first-order valence-corrected chi connectivity index (χ1v) is 11.7. The molecule has 4 heterocycles. The lowest BCUT2D eigenvalue weighted by Gasteiger charge is -2.36. The fraction of sp³-hybridized carbons (Fsp3) is 0.579. The van der Waals surface area contributed by atoms with Gasteiger partial charge in [-0.15, -0.1) is 11.3 Å². The summed E-state index contributed by atoms with van der Waals surface area (Å²) in [7, 11) is 1.77. The number of anilines is 1. The van der Waals surface area contributed by atoms with Gasteiger partial charge < -0.3 is 20.0 Å². The number of carbonyl (C=O) groups is 1. The lowest BCUT2D eigenvalue weighted by molar-refractivity contribution is -0.130. The number of rotatable bonds is 4. The minimum absolute atomic E-state index is 0.127. The van der Waals surface area contributed by atoms with Crippen molar-refractivity contribution in [1.29, 1.82) is 0 Å². The minimum atomic E-state index is 0.127. The first-order chi connectivity index (χ1) is 14.2. The summed E-state index contributed by atoms with van der Waals surface area (Å²) in [6, 6.07) is 2.13. The van der Waals surface area contributed by atoms with Crippen LogP contribution in [0.2, 0.25) is 0 Å². The maximum atomic E-state index is 12.7. The Hall–Kier alpha value is -2.20. The molecular weight excluding hydrogens is 406 g/mol. The Morgan fingerprint density at radius 3 is 2.79 bits per heavy atom. The van der Waals surface area contributed by atoms with Crippen molar-refractivity contribution in [3.63, 3.8) is 0 Å². The Kier molecular flexibility index (Phi) is 6.29. The van der Waals surface area contributed by atoms with Crippen LogP contribution in [0.5, 0.6) is 0 Å². The van der Waals surface area contributed by atoms with Crippen molar-refractivity contribution in [1.82, 2.24) is 24.5 Å². The van der Waals surface area contributed by atoms with Crippen LogP contribution < -0.4 is 10.2 Å². The van der Waals surface area contributed by atoms with E-state index in [4.69, 9.17) is 0 Å². The number of hydrogen-bond donors (Lipinski definition) is 1. The molecule has 0 bridgehead atoms. The molecule has 0 radical (unpaired) electrons. The normalized spacial score (nSPS) is 17.4. The molecule has 2 aliphatic heterocycles. The number of nitrogens with one attached hydrogen (secondary N) is 1. The molecule has 2 aromatic rings. The van der Waals surface area contributed by atoms with Crippen LogP contribution in [0.15, 0.2) is 16.4 Å². The van der Waals surface area contributed by atoms with Crippen molar-refractivity contribution in [2.45, 2.75) is 26.3 Å². The number of amides is 1. The van der Waals surface area contributed by atoms with Crippen LogP contribution >= 0.6 is 22.9 Å². The maximum absolute atomic E-state index is 12.7. The van der Waals surface area contributed by atoms with E-state index in [1.165, 1.54) is 22.0 Å². The molecule has 1 saturated heterocycles. The van der Waals surface area contributed by atoms with Gasteiger partial charge in [0.15, 0.2) is 5.96 Å². The molecular formula is C19H27N7OS2. The first-order valence-electron chi connectivity index (χ1n) is 10.0. The highest BCUT2D eigenvalue weighted by Crippen LogP contribution is 2.24. The molecule has 1 fully saturated rings. The zero-order chi connectivity index (χ0) is 20.2. The van der Waals surface area contributed by atoms with Gasteiger partial charge in [0.05, 0.1) is 6.54 Å². The number of aliphatic imine (C=N–C) groups is 1. The molecule has 29 heavy (non-hydrogen) atoms. The summed E-state index contributed by atoms with van der Waals surface area (Å²) in [5.41, 5.74) is 1.29. The average Bonchev–Trinajstić information content (AvgIpc) is 3.43. The zero-order valence-corrected chi connectivity index (χ0v) is 18.6. The third-order valence-corrected chi connectivity index (χ3v) is 7.23. The number of nitrogens with zero attached hydrogens (tertiary/aromatic N) is 6. The zero-order valence-electron chi connectivity index (χ0n) is 16.9. The van der Waals surface area contributed by atoms with Crippen molar-refractivity contribution in [3.8, 4) is 0 Å². The van der Waals surface area contributed by atoms with E-state index >= 15 is 0 Å². The number of aromatic nitrogens is 2. The van der Waals surface area contributed by atoms with Crippen LogP contribution in [0, 0.1) is 0 Å². The summed E-state index contributed by atoms with van der Waals surface area (Å²) >= 11 is 3.26. The van der Waals surface area contributed by atoms with Gasteiger partial charge in [0.1, 0.15) is 5.82 Å². The quantitative estimate of drug-likeness (QED) is 0.581. The molecule has 0 aromatic carbocycles. The van der Waals surface area contributed by atoms with Crippen molar-refractivity contribution in [3.05, 3.63) is 27.7 Å². The molecule has 156 valence electrons. The van der Waals surface area contributed by atoms with Crippen molar-refractivity contribution < 1.29 is 4.79 Å². The van der Waals surface area contributed by atoms with Crippen LogP contribution in [-0.2, 0) is 24.2 Å². The van der Waals surface area contributed by atoms with Gasteiger partial charge in [-0.25, -0.2) is 4.98 Å². The number of thiophene rings is 1. The number of hydrogen-bond acceptors (Lipinski definition) is 7. The second-order valence-corrected chi connectivity index (χ2v) is 8.89. The van der Waals surface area contributed by atoms with Crippen LogP contribution in [0.3, 0.4) is 0 Å². The molecule has 2 aromatic heterocycles. The Labute approximate surface area is 179 Å². The molecule has 0 unspecified atom stereocenters. The monoisotopic (exact) mass is 433 g/mol. The van der Waals surface area contributed by atoms with E-state index in [0.717, 1.165) is 69.0 Å². The van der Waals surface area contributed by atoms with Crippen LogP contribution in [0.4, 0.5) is 5.13 Å². The summed E-state index contributed by atoms with van der Waals surface area (Å²) < 4.78 is 4.38. The van der Waals surface area contributed by atoms with Gasteiger partial charge in [-0.1, -0.05) is 6.92 Å². The smallest absolute Gasteiger partial charge is 0.242 e. The highest BCUT2D eigenvalue weighted by atomic mass is 32.1. The standard InChI is InChI=1S/C19H27N7OS2/c1-3-16-22-19(29-23-16)25-9-7-24(8-10-25)18(20-2)21-12-17(27)26-6-4-15-14(13-26)5-11-28-15/h5,11H,3-4,6-10,12-13H2,1-2H3,(H,20,21). The van der Waals surface area contributed by atoms with E-state index in [9.17, 15) is 4.79 Å². The second kappa shape index (κ2) is 9.08. The maximum Gasteiger partial charge on any atom is 0.242 e. The predicted octanol–water partition coefficient (Wildman–Crippen LogP) is 1.44. The highest BCUT2D eigenvalue weighted by molar-refractivity contribution is 7.10. The molecule has 10 heteroatoms. The fourth-order valence-corrected chi connectivity index (χ4v) is 5.38. The van der Waals surface area contributed by atoms with Crippen LogP contribution in [-0.4, -0.2) is 77.3 Å². The molecule has 0 saturated carbocycles. The largest absolute Gasteiger partial charge is 0.347 e.